The number of esters is 1. The molecule has 0 saturated heterocycles. The molecule has 0 aromatic heterocycles. The fourth-order valence-corrected chi connectivity index (χ4v) is 4.35. The molecule has 0 amide bonds. The molecule has 0 radical (unpaired) electrons. The number of halogens is 4. The van der Waals surface area contributed by atoms with Gasteiger partial charge in [0.25, 0.3) is 0 Å². The molecule has 0 bridgehead atoms. The van der Waals surface area contributed by atoms with Crippen LogP contribution >= 0.6 is 66.1 Å². The van der Waals surface area contributed by atoms with E-state index in [0.717, 1.165) is 12.5 Å². The predicted octanol–water partition coefficient (Wildman–Crippen LogP) is 5.82. The van der Waals surface area contributed by atoms with Gasteiger partial charge in [0.05, 0.1) is 22.2 Å². The highest BCUT2D eigenvalue weighted by Gasteiger charge is 2.26. The zero-order valence-corrected chi connectivity index (χ0v) is 18.7. The lowest BCUT2D eigenvalue weighted by Gasteiger charge is -2.08. The molecule has 2 aromatic carbocycles. The molecule has 0 saturated carbocycles. The van der Waals surface area contributed by atoms with Crippen molar-refractivity contribution in [3.63, 3.8) is 0 Å². The number of hydrogen-bond acceptors (Lipinski definition) is 4. The van der Waals surface area contributed by atoms with Crippen LogP contribution in [0.15, 0.2) is 50.0 Å². The quantitative estimate of drug-likeness (QED) is 0.255. The lowest BCUT2D eigenvalue weighted by Crippen LogP contribution is -2.06. The molecule has 3 rings (SSSR count). The van der Waals surface area contributed by atoms with Crippen molar-refractivity contribution < 1.29 is 14.3 Å². The van der Waals surface area contributed by atoms with E-state index >= 15 is 0 Å². The largest absolute Gasteiger partial charge is 0.495 e. The van der Waals surface area contributed by atoms with Crippen LogP contribution in [0.1, 0.15) is 11.1 Å². The molecule has 0 spiro atoms. The van der Waals surface area contributed by atoms with E-state index in [2.05, 4.69) is 59.4 Å². The van der Waals surface area contributed by atoms with Gasteiger partial charge < -0.3 is 9.47 Å². The molecule has 1 aliphatic rings. The normalized spacial score (nSPS) is 15.3. The number of aliphatic imine (C=N–C) groups is 1. The maximum absolute atomic E-state index is 12.2. The van der Waals surface area contributed by atoms with Crippen molar-refractivity contribution in [1.29, 1.82) is 0 Å². The smallest absolute Gasteiger partial charge is 0.363 e. The lowest BCUT2D eigenvalue weighted by molar-refractivity contribution is -0.129. The van der Waals surface area contributed by atoms with Gasteiger partial charge in [0.15, 0.2) is 5.70 Å². The molecule has 128 valence electrons. The van der Waals surface area contributed by atoms with Gasteiger partial charge in [-0.1, -0.05) is 27.5 Å². The van der Waals surface area contributed by atoms with E-state index in [1.165, 1.54) is 0 Å². The van der Waals surface area contributed by atoms with Gasteiger partial charge in [-0.3, -0.25) is 0 Å². The minimum Gasteiger partial charge on any atom is -0.495 e. The average Bonchev–Trinajstić information content (AvgIpc) is 2.90. The van der Waals surface area contributed by atoms with Crippen molar-refractivity contribution in [3.05, 3.63) is 64.7 Å². The first-order chi connectivity index (χ1) is 11.9. The minimum absolute atomic E-state index is 0.174. The molecular formula is C17H9Br2ClINO3. The van der Waals surface area contributed by atoms with E-state index in [1.807, 2.05) is 24.3 Å². The molecule has 0 fully saturated rings. The van der Waals surface area contributed by atoms with Crippen molar-refractivity contribution in [2.45, 2.75) is 0 Å². The zero-order valence-electron chi connectivity index (χ0n) is 12.6. The fourth-order valence-electron chi connectivity index (χ4n) is 2.24. The predicted molar refractivity (Wildman–Crippen MR) is 113 cm³/mol. The van der Waals surface area contributed by atoms with E-state index < -0.39 is 5.97 Å². The lowest BCUT2D eigenvalue weighted by atomic mass is 10.1. The molecule has 8 heteroatoms. The molecule has 4 nitrogen and oxygen atoms in total. The van der Waals surface area contributed by atoms with Gasteiger partial charge in [-0.05, 0) is 74.9 Å². The number of cyclic esters (lactones) is 1. The third kappa shape index (κ3) is 4.10. The Labute approximate surface area is 179 Å². The Morgan fingerprint density at radius 2 is 2.04 bits per heavy atom. The van der Waals surface area contributed by atoms with Gasteiger partial charge in [-0.15, -0.1) is 0 Å². The molecule has 0 aliphatic carbocycles. The number of benzene rings is 2. The number of carbonyl (C=O) groups is 1. The summed E-state index contributed by atoms with van der Waals surface area (Å²) in [6.07, 6.45) is 1.62. The molecule has 0 unspecified atom stereocenters. The molecule has 0 atom stereocenters. The Morgan fingerprint density at radius 3 is 2.76 bits per heavy atom. The highest BCUT2D eigenvalue weighted by molar-refractivity contribution is 14.1. The Bertz CT molecular complexity index is 944. The zero-order chi connectivity index (χ0) is 18.1. The molecule has 25 heavy (non-hydrogen) atoms. The third-order valence-electron chi connectivity index (χ3n) is 3.31. The Balaban J connectivity index is 2.07. The second kappa shape index (κ2) is 7.77. The SMILES string of the molecule is COc1c(Br)cc(Br)cc1/C=C1\N=C(c2cc(I)ccc2Cl)OC1=O. The fraction of sp³-hybridized carbons (Fsp3) is 0.0588. The summed E-state index contributed by atoms with van der Waals surface area (Å²) in [6, 6.07) is 9.10. The summed E-state index contributed by atoms with van der Waals surface area (Å²) < 4.78 is 13.2. The molecular weight excluding hydrogens is 588 g/mol. The summed E-state index contributed by atoms with van der Waals surface area (Å²) in [5.41, 5.74) is 1.44. The van der Waals surface area contributed by atoms with Crippen molar-refractivity contribution in [3.8, 4) is 5.75 Å². The van der Waals surface area contributed by atoms with Crippen LogP contribution in [0.4, 0.5) is 0 Å². The van der Waals surface area contributed by atoms with Crippen LogP contribution in [0.25, 0.3) is 6.08 Å². The van der Waals surface area contributed by atoms with Crippen molar-refractivity contribution in [1.82, 2.24) is 0 Å². The topological polar surface area (TPSA) is 47.9 Å². The van der Waals surface area contributed by atoms with Crippen LogP contribution in [0.5, 0.6) is 5.75 Å². The van der Waals surface area contributed by atoms with Crippen LogP contribution in [-0.2, 0) is 9.53 Å². The van der Waals surface area contributed by atoms with Crippen LogP contribution in [0.2, 0.25) is 5.02 Å². The standard InChI is InChI=1S/C17H9Br2ClINO3/c1-24-15-8(4-9(18)6-12(15)19)5-14-17(23)25-16(22-14)11-7-10(21)2-3-13(11)20/h2-7H,1H3/b14-5-. The number of methoxy groups -OCH3 is 1. The van der Waals surface area contributed by atoms with E-state index in [9.17, 15) is 4.79 Å². The minimum atomic E-state index is -0.539. The van der Waals surface area contributed by atoms with Gasteiger partial charge in [-0.2, -0.15) is 0 Å². The second-order valence-electron chi connectivity index (χ2n) is 4.97. The van der Waals surface area contributed by atoms with E-state index in [-0.39, 0.29) is 11.6 Å². The number of rotatable bonds is 3. The summed E-state index contributed by atoms with van der Waals surface area (Å²) >= 11 is 15.2. The van der Waals surface area contributed by atoms with Crippen LogP contribution in [0.3, 0.4) is 0 Å². The van der Waals surface area contributed by atoms with Crippen LogP contribution < -0.4 is 4.74 Å². The summed E-state index contributed by atoms with van der Waals surface area (Å²) in [4.78, 5) is 16.5. The second-order valence-corrected chi connectivity index (χ2v) is 8.39. The number of carbonyl (C=O) groups excluding carboxylic acids is 1. The Hall–Kier alpha value is -0.900. The van der Waals surface area contributed by atoms with Crippen molar-refractivity contribution in [2.75, 3.05) is 7.11 Å². The highest BCUT2D eigenvalue weighted by atomic mass is 127. The average molecular weight is 597 g/mol. The maximum Gasteiger partial charge on any atom is 0.363 e. The highest BCUT2D eigenvalue weighted by Crippen LogP contribution is 2.35. The van der Waals surface area contributed by atoms with Gasteiger partial charge >= 0.3 is 5.97 Å². The van der Waals surface area contributed by atoms with Gasteiger partial charge in [0, 0.05) is 13.6 Å². The van der Waals surface area contributed by atoms with Gasteiger partial charge in [0.2, 0.25) is 5.90 Å². The van der Waals surface area contributed by atoms with Crippen LogP contribution in [-0.4, -0.2) is 19.0 Å². The van der Waals surface area contributed by atoms with Crippen molar-refractivity contribution >= 4 is 84.0 Å². The maximum atomic E-state index is 12.2. The summed E-state index contributed by atoms with van der Waals surface area (Å²) in [5.74, 6) is 0.246. The first-order valence-electron chi connectivity index (χ1n) is 6.90. The molecule has 2 aromatic rings. The van der Waals surface area contributed by atoms with Crippen molar-refractivity contribution in [2.24, 2.45) is 4.99 Å². The van der Waals surface area contributed by atoms with E-state index in [0.29, 0.717) is 21.9 Å². The number of hydrogen-bond donors (Lipinski definition) is 0. The summed E-state index contributed by atoms with van der Waals surface area (Å²) in [7, 11) is 1.56. The molecule has 0 N–H and O–H groups in total. The summed E-state index contributed by atoms with van der Waals surface area (Å²) in [6.45, 7) is 0. The Kier molecular flexibility index (Phi) is 5.87. The monoisotopic (exact) mass is 595 g/mol. The van der Waals surface area contributed by atoms with Gasteiger partial charge in [-0.25, -0.2) is 9.79 Å². The summed E-state index contributed by atoms with van der Waals surface area (Å²) in [5, 5.41) is 0.469. The first kappa shape index (κ1) is 18.9. The first-order valence-corrected chi connectivity index (χ1v) is 9.94. The number of ether oxygens (including phenoxy) is 2. The van der Waals surface area contributed by atoms with Gasteiger partial charge in [0.1, 0.15) is 5.75 Å². The van der Waals surface area contributed by atoms with E-state index in [4.69, 9.17) is 21.1 Å². The number of nitrogens with zero attached hydrogens (tertiary/aromatic N) is 1. The molecule has 1 heterocycles. The van der Waals surface area contributed by atoms with Crippen LogP contribution in [0, 0.1) is 3.57 Å². The third-order valence-corrected chi connectivity index (χ3v) is 5.36. The Morgan fingerprint density at radius 1 is 1.28 bits per heavy atom. The molecule has 1 aliphatic heterocycles. The van der Waals surface area contributed by atoms with E-state index in [1.54, 1.807) is 19.3 Å².